The summed E-state index contributed by atoms with van der Waals surface area (Å²) in [6, 6.07) is 6.53. The molecule has 0 spiro atoms. The third-order valence-corrected chi connectivity index (χ3v) is 6.77. The predicted octanol–water partition coefficient (Wildman–Crippen LogP) is 1.76. The predicted molar refractivity (Wildman–Crippen MR) is 105 cm³/mol. The van der Waals surface area contributed by atoms with Crippen LogP contribution in [0.4, 0.5) is 0 Å². The fraction of sp³-hybridized carbons (Fsp3) is 0.529. The Morgan fingerprint density at radius 2 is 2.11 bits per heavy atom. The Balaban J connectivity index is 0.00000261. The molecule has 1 atom stereocenters. The van der Waals surface area contributed by atoms with Crippen molar-refractivity contribution in [2.75, 3.05) is 33.7 Å². The van der Waals surface area contributed by atoms with E-state index in [0.29, 0.717) is 17.3 Å². The first kappa shape index (κ1) is 21.8. The number of nitrogens with one attached hydrogen (secondary N) is 1. The van der Waals surface area contributed by atoms with E-state index in [1.54, 1.807) is 31.3 Å². The molecule has 1 fully saturated rings. The summed E-state index contributed by atoms with van der Waals surface area (Å²) in [4.78, 5) is 6.87. The van der Waals surface area contributed by atoms with Crippen LogP contribution in [0, 0.1) is 0 Å². The Morgan fingerprint density at radius 3 is 2.78 bits per heavy atom. The van der Waals surface area contributed by atoms with Crippen LogP contribution < -0.4 is 5.32 Å². The number of nitrogens with zero attached hydrogens (tertiary/aromatic N) is 4. The lowest BCUT2D eigenvalue weighted by atomic mass is 10.2. The molecule has 1 unspecified atom stereocenters. The van der Waals surface area contributed by atoms with Gasteiger partial charge in [-0.15, -0.1) is 12.4 Å². The van der Waals surface area contributed by atoms with Gasteiger partial charge in [-0.05, 0) is 39.1 Å². The number of halogens is 1. The first-order valence-corrected chi connectivity index (χ1v) is 10.1. The maximum atomic E-state index is 12.7. The van der Waals surface area contributed by atoms with E-state index in [9.17, 15) is 8.42 Å². The highest BCUT2D eigenvalue weighted by Crippen LogP contribution is 2.26. The number of likely N-dealkylation sites (N-methyl/N-ethyl adjacent to an activating group) is 1. The van der Waals surface area contributed by atoms with E-state index < -0.39 is 10.0 Å². The number of sulfonamides is 1. The lowest BCUT2D eigenvalue weighted by Gasteiger charge is -2.30. The van der Waals surface area contributed by atoms with Crippen molar-refractivity contribution in [3.63, 3.8) is 0 Å². The van der Waals surface area contributed by atoms with Gasteiger partial charge in [-0.3, -0.25) is 4.90 Å². The fourth-order valence-corrected chi connectivity index (χ4v) is 4.23. The van der Waals surface area contributed by atoms with E-state index in [2.05, 4.69) is 20.4 Å². The van der Waals surface area contributed by atoms with Gasteiger partial charge in [-0.1, -0.05) is 11.2 Å². The molecule has 2 aromatic rings. The zero-order valence-corrected chi connectivity index (χ0v) is 17.5. The molecule has 0 saturated carbocycles. The van der Waals surface area contributed by atoms with Crippen LogP contribution in [-0.4, -0.2) is 67.5 Å². The highest BCUT2D eigenvalue weighted by atomic mass is 35.5. The number of piperazine rings is 1. The van der Waals surface area contributed by atoms with Crippen molar-refractivity contribution < 1.29 is 12.9 Å². The number of hydrogen-bond acceptors (Lipinski definition) is 7. The molecule has 1 saturated heterocycles. The van der Waals surface area contributed by atoms with Gasteiger partial charge < -0.3 is 9.84 Å². The van der Waals surface area contributed by atoms with Gasteiger partial charge in [0, 0.05) is 38.3 Å². The second-order valence-corrected chi connectivity index (χ2v) is 8.80. The van der Waals surface area contributed by atoms with Gasteiger partial charge in [0.2, 0.25) is 10.0 Å². The molecule has 0 radical (unpaired) electrons. The molecule has 0 amide bonds. The molecule has 1 N–H and O–H groups in total. The second kappa shape index (κ2) is 8.66. The van der Waals surface area contributed by atoms with Gasteiger partial charge in [0.15, 0.2) is 5.82 Å². The highest BCUT2D eigenvalue weighted by molar-refractivity contribution is 7.89. The topological polar surface area (TPSA) is 91.6 Å². The SMILES string of the molecule is CC(C)N(C)S(=O)(=O)c1cccc(-c2nc(C3CNCCN3C)no2)c1.Cl. The van der Waals surface area contributed by atoms with E-state index >= 15 is 0 Å². The summed E-state index contributed by atoms with van der Waals surface area (Å²) in [7, 11) is 0.0312. The van der Waals surface area contributed by atoms with Crippen molar-refractivity contribution in [3.8, 4) is 11.5 Å². The third-order valence-electron chi connectivity index (χ3n) is 4.74. The molecule has 0 aliphatic carbocycles. The second-order valence-electron chi connectivity index (χ2n) is 6.80. The Bertz CT molecular complexity index is 871. The maximum Gasteiger partial charge on any atom is 0.258 e. The summed E-state index contributed by atoms with van der Waals surface area (Å²) >= 11 is 0. The molecule has 150 valence electrons. The minimum Gasteiger partial charge on any atom is -0.334 e. The quantitative estimate of drug-likeness (QED) is 0.795. The minimum absolute atomic E-state index is 0. The molecule has 1 aromatic carbocycles. The van der Waals surface area contributed by atoms with Crippen LogP contribution in [0.15, 0.2) is 33.7 Å². The van der Waals surface area contributed by atoms with Crippen LogP contribution in [0.3, 0.4) is 0 Å². The zero-order valence-electron chi connectivity index (χ0n) is 15.9. The van der Waals surface area contributed by atoms with E-state index in [-0.39, 0.29) is 29.4 Å². The smallest absolute Gasteiger partial charge is 0.258 e. The van der Waals surface area contributed by atoms with E-state index in [1.807, 2.05) is 20.9 Å². The normalized spacial score (nSPS) is 18.7. The Morgan fingerprint density at radius 1 is 1.37 bits per heavy atom. The van der Waals surface area contributed by atoms with Gasteiger partial charge in [0.1, 0.15) is 0 Å². The molecule has 1 aliphatic rings. The van der Waals surface area contributed by atoms with Gasteiger partial charge in [-0.2, -0.15) is 9.29 Å². The van der Waals surface area contributed by atoms with Crippen LogP contribution in [0.1, 0.15) is 25.7 Å². The zero-order chi connectivity index (χ0) is 18.9. The Kier molecular flexibility index (Phi) is 6.98. The van der Waals surface area contributed by atoms with Crippen LogP contribution in [0.2, 0.25) is 0 Å². The van der Waals surface area contributed by atoms with Gasteiger partial charge in [-0.25, -0.2) is 8.42 Å². The van der Waals surface area contributed by atoms with Crippen LogP contribution in [-0.2, 0) is 10.0 Å². The van der Waals surface area contributed by atoms with Crippen molar-refractivity contribution in [1.82, 2.24) is 24.7 Å². The number of benzene rings is 1. The summed E-state index contributed by atoms with van der Waals surface area (Å²) in [6.07, 6.45) is 0. The third kappa shape index (κ3) is 4.49. The molecule has 8 nitrogen and oxygen atoms in total. The van der Waals surface area contributed by atoms with Crippen molar-refractivity contribution in [3.05, 3.63) is 30.1 Å². The molecule has 1 aliphatic heterocycles. The largest absolute Gasteiger partial charge is 0.334 e. The van der Waals surface area contributed by atoms with Gasteiger partial charge >= 0.3 is 0 Å². The Labute approximate surface area is 166 Å². The monoisotopic (exact) mass is 415 g/mol. The molecule has 3 rings (SSSR count). The van der Waals surface area contributed by atoms with E-state index in [4.69, 9.17) is 4.52 Å². The average Bonchev–Trinajstić information content (AvgIpc) is 3.11. The van der Waals surface area contributed by atoms with Gasteiger partial charge in [0.05, 0.1) is 10.9 Å². The van der Waals surface area contributed by atoms with E-state index in [0.717, 1.165) is 19.6 Å². The number of hydrogen-bond donors (Lipinski definition) is 1. The lowest BCUT2D eigenvalue weighted by Crippen LogP contribution is -2.44. The lowest BCUT2D eigenvalue weighted by molar-refractivity contribution is 0.190. The average molecular weight is 416 g/mol. The van der Waals surface area contributed by atoms with Crippen molar-refractivity contribution in [2.45, 2.75) is 30.8 Å². The molecule has 10 heteroatoms. The highest BCUT2D eigenvalue weighted by Gasteiger charge is 2.27. The summed E-state index contributed by atoms with van der Waals surface area (Å²) in [6.45, 7) is 6.26. The van der Waals surface area contributed by atoms with Crippen molar-refractivity contribution in [1.29, 1.82) is 0 Å². The molecule has 1 aromatic heterocycles. The summed E-state index contributed by atoms with van der Waals surface area (Å²) in [5.74, 6) is 0.922. The maximum absolute atomic E-state index is 12.7. The summed E-state index contributed by atoms with van der Waals surface area (Å²) in [5.41, 5.74) is 0.591. The first-order chi connectivity index (χ1) is 12.3. The molecule has 0 bridgehead atoms. The number of rotatable bonds is 5. The van der Waals surface area contributed by atoms with Crippen molar-refractivity contribution >= 4 is 22.4 Å². The minimum atomic E-state index is -3.57. The first-order valence-electron chi connectivity index (χ1n) is 8.63. The van der Waals surface area contributed by atoms with Crippen LogP contribution in [0.5, 0.6) is 0 Å². The number of aromatic nitrogens is 2. The van der Waals surface area contributed by atoms with Crippen LogP contribution in [0.25, 0.3) is 11.5 Å². The molecule has 27 heavy (non-hydrogen) atoms. The standard InChI is InChI=1S/C17H25N5O3S.ClH/c1-12(2)22(4)26(23,24)14-7-5-6-13(10-14)17-19-16(20-25-17)15-11-18-8-9-21(15)3;/h5-7,10,12,15,18H,8-9,11H2,1-4H3;1H. The van der Waals surface area contributed by atoms with Gasteiger partial charge in [0.25, 0.3) is 5.89 Å². The van der Waals surface area contributed by atoms with Crippen LogP contribution >= 0.6 is 12.4 Å². The fourth-order valence-electron chi connectivity index (χ4n) is 2.82. The summed E-state index contributed by atoms with van der Waals surface area (Å²) < 4.78 is 32.1. The summed E-state index contributed by atoms with van der Waals surface area (Å²) in [5, 5.41) is 7.41. The molecular formula is C17H26ClN5O3S. The molecular weight excluding hydrogens is 390 g/mol. The van der Waals surface area contributed by atoms with E-state index in [1.165, 1.54) is 4.31 Å². The van der Waals surface area contributed by atoms with Crippen molar-refractivity contribution in [2.24, 2.45) is 0 Å². The molecule has 2 heterocycles. The Hall–Kier alpha value is -1.52.